The Morgan fingerprint density at radius 2 is 0.933 bits per heavy atom. The Labute approximate surface area is 537 Å². The minimum atomic E-state index is -5.36. The van der Waals surface area contributed by atoms with Crippen LogP contribution in [0.15, 0.2) is 12.2 Å². The van der Waals surface area contributed by atoms with Crippen molar-refractivity contribution in [2.45, 2.75) is 358 Å². The number of carbonyl (C=O) groups is 2. The van der Waals surface area contributed by atoms with Crippen LogP contribution in [0.3, 0.4) is 0 Å². The number of methoxy groups -OCH3 is 2. The van der Waals surface area contributed by atoms with Gasteiger partial charge in [-0.2, -0.15) is 0 Å². The molecule has 0 bridgehead atoms. The molecule has 2 saturated heterocycles. The van der Waals surface area contributed by atoms with Crippen molar-refractivity contribution in [2.75, 3.05) is 40.6 Å². The summed E-state index contributed by atoms with van der Waals surface area (Å²) < 4.78 is 79.2. The van der Waals surface area contributed by atoms with Crippen molar-refractivity contribution in [3.05, 3.63) is 12.2 Å². The van der Waals surface area contributed by atoms with E-state index < -0.39 is 108 Å². The van der Waals surface area contributed by atoms with Gasteiger partial charge in [0, 0.05) is 33.9 Å². The molecular formula is C66H128N2O19P2. The van der Waals surface area contributed by atoms with Crippen LogP contribution in [-0.2, 0) is 60.9 Å². The molecule has 21 nitrogen and oxygen atoms in total. The number of nitrogens with one attached hydrogen (secondary N) is 2. The number of amides is 2. The smallest absolute Gasteiger partial charge is 0.393 e. The molecule has 12 unspecified atom stereocenters. The zero-order valence-corrected chi connectivity index (χ0v) is 57.9. The second-order valence-electron chi connectivity index (χ2n) is 25.0. The number of aliphatic hydroxyl groups excluding tert-OH is 2. The summed E-state index contributed by atoms with van der Waals surface area (Å²) in [5.74, 6) is -0.975. The molecule has 0 aliphatic carbocycles. The number of allylic oxidation sites excluding steroid dienone is 2. The lowest BCUT2D eigenvalue weighted by atomic mass is 9.95. The first kappa shape index (κ1) is 83.6. The molecule has 0 aromatic rings. The molecule has 0 saturated carbocycles. The third kappa shape index (κ3) is 41.2. The molecule has 2 amide bonds. The predicted octanol–water partition coefficient (Wildman–Crippen LogP) is 13.4. The van der Waals surface area contributed by atoms with Gasteiger partial charge in [-0.05, 0) is 57.8 Å². The van der Waals surface area contributed by atoms with Crippen molar-refractivity contribution in [3.63, 3.8) is 0 Å². The Morgan fingerprint density at radius 1 is 0.483 bits per heavy atom. The largest absolute Gasteiger partial charge is 0.472 e. The minimum Gasteiger partial charge on any atom is -0.393 e. The molecule has 2 fully saturated rings. The maximum Gasteiger partial charge on any atom is 0.472 e. The Bertz CT molecular complexity index is 1850. The standard InChI is InChI=1S/C66H128N2O19P2/c1-7-11-15-19-22-25-26-27-28-29-30-32-34-38-42-46-57(70)67-60-64(82-49-47-53(69)44-40-36-18-14-10-4)62(86-88(73,74)75)56(51-79-5)85-65(60)83-52-55-61(72)63(81-48-43-39-35-24-21-17-13-9-3)59(66(84-55)87-89(76,77)78)68-58(71)50-54(80-6)45-41-37-33-31-23-20-16-12-8-2/h25-26,53-56,59-66,69,72H,7-24,27-52H2,1-6H3,(H,67,70)(H,68,71)(H2,73,74,75)(H2,76,77,78)/b26-25+. The van der Waals surface area contributed by atoms with Gasteiger partial charge in [-0.1, -0.05) is 226 Å². The highest BCUT2D eigenvalue weighted by Gasteiger charge is 2.53. The number of hydrogen-bond donors (Lipinski definition) is 8. The molecule has 8 N–H and O–H groups in total. The Balaban J connectivity index is 2.45. The van der Waals surface area contributed by atoms with E-state index in [1.807, 2.05) is 0 Å². The first-order chi connectivity index (χ1) is 42.9. The first-order valence-electron chi connectivity index (χ1n) is 35.2. The molecule has 12 atom stereocenters. The minimum absolute atomic E-state index is 0.0858. The van der Waals surface area contributed by atoms with Crippen LogP contribution >= 0.6 is 15.6 Å². The molecule has 2 rings (SSSR count). The second-order valence-corrected chi connectivity index (χ2v) is 27.4. The van der Waals surface area contributed by atoms with Crippen LogP contribution in [0.1, 0.15) is 285 Å². The maximum absolute atomic E-state index is 14.1. The molecular weight excluding hydrogens is 1190 g/mol. The van der Waals surface area contributed by atoms with E-state index in [1.54, 1.807) is 0 Å². The van der Waals surface area contributed by atoms with Gasteiger partial charge in [-0.25, -0.2) is 9.13 Å². The number of unbranched alkanes of at least 4 members (excludes halogenated alkanes) is 30. The number of rotatable bonds is 59. The van der Waals surface area contributed by atoms with E-state index in [0.717, 1.165) is 148 Å². The second kappa shape index (κ2) is 52.8. The summed E-state index contributed by atoms with van der Waals surface area (Å²) in [7, 11) is -7.75. The van der Waals surface area contributed by atoms with Gasteiger partial charge < -0.3 is 73.6 Å². The van der Waals surface area contributed by atoms with E-state index in [0.29, 0.717) is 25.7 Å². The van der Waals surface area contributed by atoms with Crippen molar-refractivity contribution < 1.29 is 90.7 Å². The van der Waals surface area contributed by atoms with Crippen LogP contribution in [-0.4, -0.2) is 156 Å². The normalized spacial score (nSPS) is 23.3. The highest BCUT2D eigenvalue weighted by molar-refractivity contribution is 7.46. The van der Waals surface area contributed by atoms with Crippen molar-refractivity contribution >= 4 is 27.5 Å². The van der Waals surface area contributed by atoms with Crippen molar-refractivity contribution in [2.24, 2.45) is 0 Å². The van der Waals surface area contributed by atoms with Gasteiger partial charge in [0.15, 0.2) is 12.6 Å². The topological polar surface area (TPSA) is 297 Å². The van der Waals surface area contributed by atoms with E-state index in [1.165, 1.54) is 78.4 Å². The zero-order valence-electron chi connectivity index (χ0n) is 56.1. The third-order valence-corrected chi connectivity index (χ3v) is 18.0. The highest BCUT2D eigenvalue weighted by atomic mass is 31.2. The van der Waals surface area contributed by atoms with Gasteiger partial charge in [0.1, 0.15) is 48.7 Å². The van der Waals surface area contributed by atoms with Crippen LogP contribution in [0.4, 0.5) is 0 Å². The SMILES string of the molecule is CCCCCC/C=C/CCCCCCCCCC(=O)NC1C(OCC2OC(OP(=O)(O)O)C(NC(=O)CC(CCCCCCCCCCC)OC)C(OCCCCCCCCCC)C2O)OC(COC)C(OP(=O)(O)O)C1OCCC(O)CCCCCCC. The van der Waals surface area contributed by atoms with E-state index in [4.69, 9.17) is 42.2 Å². The lowest BCUT2D eigenvalue weighted by Crippen LogP contribution is -2.67. The van der Waals surface area contributed by atoms with Crippen LogP contribution in [0.2, 0.25) is 0 Å². The van der Waals surface area contributed by atoms with Crippen LogP contribution in [0.5, 0.6) is 0 Å². The molecule has 23 heteroatoms. The fourth-order valence-corrected chi connectivity index (χ4v) is 12.8. The number of ether oxygens (including phenoxy) is 7. The van der Waals surface area contributed by atoms with Crippen LogP contribution < -0.4 is 10.6 Å². The maximum atomic E-state index is 14.1. The summed E-state index contributed by atoms with van der Waals surface area (Å²) in [5.41, 5.74) is 0. The monoisotopic (exact) mass is 1310 g/mol. The number of carbonyl (C=O) groups excluding carboxylic acids is 2. The summed E-state index contributed by atoms with van der Waals surface area (Å²) in [4.78, 5) is 69.3. The fourth-order valence-electron chi connectivity index (χ4n) is 11.8. The Kier molecular flexibility index (Phi) is 49.6. The van der Waals surface area contributed by atoms with Crippen molar-refractivity contribution in [1.82, 2.24) is 10.6 Å². The fraction of sp³-hybridized carbons (Fsp3) is 0.939. The zero-order chi connectivity index (χ0) is 65.4. The average molecular weight is 1320 g/mol. The van der Waals surface area contributed by atoms with Crippen molar-refractivity contribution in [3.8, 4) is 0 Å². The van der Waals surface area contributed by atoms with E-state index in [2.05, 4.69) is 50.5 Å². The third-order valence-electron chi connectivity index (χ3n) is 17.0. The molecule has 0 aromatic carbocycles. The molecule has 0 radical (unpaired) electrons. The number of hydrogen-bond acceptors (Lipinski definition) is 15. The highest BCUT2D eigenvalue weighted by Crippen LogP contribution is 2.44. The summed E-state index contributed by atoms with van der Waals surface area (Å²) in [6.07, 6.45) is 29.5. The Hall–Kier alpha value is -1.46. The van der Waals surface area contributed by atoms with E-state index in [-0.39, 0.29) is 39.1 Å². The summed E-state index contributed by atoms with van der Waals surface area (Å²) in [6, 6.07) is -2.77. The van der Waals surface area contributed by atoms with Gasteiger partial charge in [0.25, 0.3) is 0 Å². The average Bonchev–Trinajstić information content (AvgIpc) is 2.77. The molecule has 2 heterocycles. The summed E-state index contributed by atoms with van der Waals surface area (Å²) in [6.45, 7) is 7.83. The number of phosphoric ester groups is 2. The van der Waals surface area contributed by atoms with E-state index in [9.17, 15) is 48.5 Å². The Morgan fingerprint density at radius 3 is 1.46 bits per heavy atom. The van der Waals surface area contributed by atoms with Crippen LogP contribution in [0.25, 0.3) is 0 Å². The first-order valence-corrected chi connectivity index (χ1v) is 38.2. The predicted molar refractivity (Wildman–Crippen MR) is 348 cm³/mol. The lowest BCUT2D eigenvalue weighted by molar-refractivity contribution is -0.301. The quantitative estimate of drug-likeness (QED) is 0.0159. The van der Waals surface area contributed by atoms with Gasteiger partial charge in [-0.15, -0.1) is 0 Å². The van der Waals surface area contributed by atoms with Gasteiger partial charge >= 0.3 is 15.6 Å². The molecule has 2 aliphatic heterocycles. The number of phosphoric acid groups is 2. The summed E-state index contributed by atoms with van der Waals surface area (Å²) >= 11 is 0. The van der Waals surface area contributed by atoms with Gasteiger partial charge in [0.2, 0.25) is 11.8 Å². The molecule has 2 aliphatic rings. The summed E-state index contributed by atoms with van der Waals surface area (Å²) in [5, 5.41) is 29.1. The number of aliphatic hydroxyl groups is 2. The van der Waals surface area contributed by atoms with E-state index >= 15 is 0 Å². The van der Waals surface area contributed by atoms with Gasteiger partial charge in [-0.3, -0.25) is 18.6 Å². The van der Waals surface area contributed by atoms with Crippen LogP contribution in [0, 0.1) is 0 Å². The molecule has 0 aromatic heterocycles. The molecule has 0 spiro atoms. The molecule has 89 heavy (non-hydrogen) atoms. The lowest BCUT2D eigenvalue weighted by Gasteiger charge is -2.47. The van der Waals surface area contributed by atoms with Crippen molar-refractivity contribution in [1.29, 1.82) is 0 Å². The molecule has 526 valence electrons. The van der Waals surface area contributed by atoms with Gasteiger partial charge in [0.05, 0.1) is 31.8 Å².